The van der Waals surface area contributed by atoms with Crippen LogP contribution in [0.15, 0.2) is 6.07 Å². The highest BCUT2D eigenvalue weighted by molar-refractivity contribution is 6.30. The molecule has 1 aliphatic rings. The van der Waals surface area contributed by atoms with Crippen LogP contribution in [0.1, 0.15) is 24.3 Å². The average Bonchev–Trinajstić information content (AvgIpc) is 2.23. The van der Waals surface area contributed by atoms with Crippen molar-refractivity contribution < 1.29 is 4.74 Å². The normalized spacial score (nSPS) is 18.4. The van der Waals surface area contributed by atoms with Crippen LogP contribution in [0.2, 0.25) is 5.15 Å². The van der Waals surface area contributed by atoms with E-state index in [-0.39, 0.29) is 0 Å². The van der Waals surface area contributed by atoms with E-state index in [0.29, 0.717) is 16.9 Å². The number of aromatic nitrogens is 2. The van der Waals surface area contributed by atoms with E-state index in [2.05, 4.69) is 10.2 Å². The predicted octanol–water partition coefficient (Wildman–Crippen LogP) is 1.61. The molecule has 2 rings (SSSR count). The molecule has 0 radical (unpaired) electrons. The maximum absolute atomic E-state index is 5.96. The molecule has 0 saturated carbocycles. The lowest BCUT2D eigenvalue weighted by atomic mass is 9.93. The van der Waals surface area contributed by atoms with E-state index in [1.165, 1.54) is 0 Å². The first-order valence-electron chi connectivity index (χ1n) is 4.63. The zero-order chi connectivity index (χ0) is 9.97. The van der Waals surface area contributed by atoms with Crippen molar-refractivity contribution in [1.82, 2.24) is 10.2 Å². The summed E-state index contributed by atoms with van der Waals surface area (Å²) in [5, 5.41) is 7.97. The van der Waals surface area contributed by atoms with Gasteiger partial charge in [0.15, 0.2) is 5.15 Å². The van der Waals surface area contributed by atoms with Crippen molar-refractivity contribution in [1.29, 1.82) is 0 Å². The van der Waals surface area contributed by atoms with Gasteiger partial charge in [-0.15, -0.1) is 10.2 Å². The Bertz CT molecular complexity index is 326. The summed E-state index contributed by atoms with van der Waals surface area (Å²) < 4.78 is 5.28. The molecular weight excluding hydrogens is 202 g/mol. The Morgan fingerprint density at radius 3 is 2.79 bits per heavy atom. The first-order chi connectivity index (χ1) is 6.77. The summed E-state index contributed by atoms with van der Waals surface area (Å²) >= 11 is 5.96. The van der Waals surface area contributed by atoms with Gasteiger partial charge in [0.1, 0.15) is 5.82 Å². The molecule has 1 aliphatic heterocycles. The van der Waals surface area contributed by atoms with E-state index in [0.717, 1.165) is 31.6 Å². The molecule has 4 nitrogen and oxygen atoms in total. The molecule has 14 heavy (non-hydrogen) atoms. The fraction of sp³-hybridized carbons (Fsp3) is 0.556. The Kier molecular flexibility index (Phi) is 2.84. The van der Waals surface area contributed by atoms with Crippen LogP contribution in [0.25, 0.3) is 0 Å². The molecule has 0 atom stereocenters. The Morgan fingerprint density at radius 2 is 2.07 bits per heavy atom. The molecule has 1 fully saturated rings. The summed E-state index contributed by atoms with van der Waals surface area (Å²) in [4.78, 5) is 0. The van der Waals surface area contributed by atoms with E-state index in [9.17, 15) is 0 Å². The smallest absolute Gasteiger partial charge is 0.155 e. The molecule has 0 bridgehead atoms. The Balaban J connectivity index is 2.24. The quantitative estimate of drug-likeness (QED) is 0.770. The van der Waals surface area contributed by atoms with Crippen molar-refractivity contribution in [2.24, 2.45) is 0 Å². The van der Waals surface area contributed by atoms with Gasteiger partial charge >= 0.3 is 0 Å². The molecule has 1 aromatic heterocycles. The van der Waals surface area contributed by atoms with E-state index >= 15 is 0 Å². The van der Waals surface area contributed by atoms with E-state index in [1.54, 1.807) is 0 Å². The molecule has 76 valence electrons. The molecule has 1 saturated heterocycles. The van der Waals surface area contributed by atoms with Crippen LogP contribution in [0.4, 0.5) is 5.82 Å². The van der Waals surface area contributed by atoms with Crippen molar-refractivity contribution in [2.45, 2.75) is 18.8 Å². The number of anilines is 1. The predicted molar refractivity (Wildman–Crippen MR) is 54.2 cm³/mol. The molecular formula is C9H12ClN3O. The van der Waals surface area contributed by atoms with Crippen LogP contribution in [-0.2, 0) is 4.74 Å². The summed E-state index contributed by atoms with van der Waals surface area (Å²) in [6.07, 6.45) is 1.95. The van der Waals surface area contributed by atoms with Crippen LogP contribution in [0, 0.1) is 0 Å². The maximum Gasteiger partial charge on any atom is 0.155 e. The summed E-state index contributed by atoms with van der Waals surface area (Å²) in [6.45, 7) is 1.56. The van der Waals surface area contributed by atoms with Crippen molar-refractivity contribution in [3.63, 3.8) is 0 Å². The van der Waals surface area contributed by atoms with Crippen molar-refractivity contribution in [3.05, 3.63) is 16.8 Å². The number of hydrogen-bond acceptors (Lipinski definition) is 4. The summed E-state index contributed by atoms with van der Waals surface area (Å²) in [7, 11) is 0. The molecule has 2 N–H and O–H groups in total. The number of rotatable bonds is 1. The molecule has 0 amide bonds. The van der Waals surface area contributed by atoms with E-state index in [1.807, 2.05) is 6.07 Å². The highest BCUT2D eigenvalue weighted by atomic mass is 35.5. The highest BCUT2D eigenvalue weighted by Crippen LogP contribution is 2.31. The fourth-order valence-electron chi connectivity index (χ4n) is 1.70. The second-order valence-corrected chi connectivity index (χ2v) is 3.76. The minimum Gasteiger partial charge on any atom is -0.382 e. The number of halogens is 1. The van der Waals surface area contributed by atoms with Crippen LogP contribution in [0.5, 0.6) is 0 Å². The standard InChI is InChI=1S/C9H12ClN3O/c10-9-7(5-8(11)12-13-9)6-1-3-14-4-2-6/h5-6H,1-4H2,(H2,11,12). The Hall–Kier alpha value is -0.870. The van der Waals surface area contributed by atoms with Crippen LogP contribution in [-0.4, -0.2) is 23.4 Å². The molecule has 0 aromatic carbocycles. The molecule has 2 heterocycles. The second kappa shape index (κ2) is 4.11. The van der Waals surface area contributed by atoms with Gasteiger partial charge in [0, 0.05) is 13.2 Å². The third kappa shape index (κ3) is 1.96. The van der Waals surface area contributed by atoms with E-state index < -0.39 is 0 Å². The SMILES string of the molecule is Nc1cc(C2CCOCC2)c(Cl)nn1. The van der Waals surface area contributed by atoms with Crippen molar-refractivity contribution in [3.8, 4) is 0 Å². The van der Waals surface area contributed by atoms with Crippen LogP contribution in [0.3, 0.4) is 0 Å². The lowest BCUT2D eigenvalue weighted by molar-refractivity contribution is 0.0853. The molecule has 0 spiro atoms. The maximum atomic E-state index is 5.96. The van der Waals surface area contributed by atoms with Gasteiger partial charge in [-0.1, -0.05) is 11.6 Å². The first kappa shape index (κ1) is 9.68. The van der Waals surface area contributed by atoms with E-state index in [4.69, 9.17) is 22.1 Å². The lowest BCUT2D eigenvalue weighted by Crippen LogP contribution is -2.15. The number of nitrogens with two attached hydrogens (primary N) is 1. The number of hydrogen-bond donors (Lipinski definition) is 1. The van der Waals surface area contributed by atoms with Crippen molar-refractivity contribution in [2.75, 3.05) is 18.9 Å². The van der Waals surface area contributed by atoms with Crippen molar-refractivity contribution >= 4 is 17.4 Å². The van der Waals surface area contributed by atoms with Gasteiger partial charge in [-0.3, -0.25) is 0 Å². The third-order valence-corrected chi connectivity index (χ3v) is 2.75. The monoisotopic (exact) mass is 213 g/mol. The Morgan fingerprint density at radius 1 is 1.36 bits per heavy atom. The molecule has 0 aliphatic carbocycles. The lowest BCUT2D eigenvalue weighted by Gasteiger charge is -2.22. The van der Waals surface area contributed by atoms with Gasteiger partial charge in [0.25, 0.3) is 0 Å². The number of nitrogen functional groups attached to an aromatic ring is 1. The van der Waals surface area contributed by atoms with Gasteiger partial charge in [-0.2, -0.15) is 0 Å². The van der Waals surface area contributed by atoms with Crippen LogP contribution >= 0.6 is 11.6 Å². The fourth-order valence-corrected chi connectivity index (χ4v) is 1.95. The first-order valence-corrected chi connectivity index (χ1v) is 5.01. The zero-order valence-corrected chi connectivity index (χ0v) is 8.50. The summed E-state index contributed by atoms with van der Waals surface area (Å²) in [5.74, 6) is 0.838. The molecule has 0 unspecified atom stereocenters. The van der Waals surface area contributed by atoms with Gasteiger partial charge in [0.05, 0.1) is 0 Å². The van der Waals surface area contributed by atoms with Gasteiger partial charge in [-0.05, 0) is 30.4 Å². The zero-order valence-electron chi connectivity index (χ0n) is 7.74. The molecule has 1 aromatic rings. The molecule has 5 heteroatoms. The summed E-state index contributed by atoms with van der Waals surface area (Å²) in [5.41, 5.74) is 6.57. The van der Waals surface area contributed by atoms with Crippen LogP contribution < -0.4 is 5.73 Å². The average molecular weight is 214 g/mol. The number of ether oxygens (including phenoxy) is 1. The van der Waals surface area contributed by atoms with Gasteiger partial charge < -0.3 is 10.5 Å². The second-order valence-electron chi connectivity index (χ2n) is 3.40. The Labute approximate surface area is 87.4 Å². The number of nitrogens with zero attached hydrogens (tertiary/aromatic N) is 2. The minimum atomic E-state index is 0.411. The van der Waals surface area contributed by atoms with Gasteiger partial charge in [0.2, 0.25) is 0 Å². The minimum absolute atomic E-state index is 0.411. The van der Waals surface area contributed by atoms with Gasteiger partial charge in [-0.25, -0.2) is 0 Å². The largest absolute Gasteiger partial charge is 0.382 e. The highest BCUT2D eigenvalue weighted by Gasteiger charge is 2.19. The summed E-state index contributed by atoms with van der Waals surface area (Å²) in [6, 6.07) is 1.81. The topological polar surface area (TPSA) is 61.0 Å². The third-order valence-electron chi connectivity index (χ3n) is 2.46.